The van der Waals surface area contributed by atoms with Gasteiger partial charge in [-0.2, -0.15) is 5.10 Å². The molecule has 0 aromatic carbocycles. The summed E-state index contributed by atoms with van der Waals surface area (Å²) >= 11 is 0. The van der Waals surface area contributed by atoms with E-state index < -0.39 is 11.8 Å². The molecule has 0 saturated heterocycles. The molecule has 5 heteroatoms. The maximum atomic E-state index is 11.7. The molecule has 0 bridgehead atoms. The normalized spacial score (nSPS) is 28.5. The van der Waals surface area contributed by atoms with E-state index in [0.29, 0.717) is 17.8 Å². The van der Waals surface area contributed by atoms with E-state index in [-0.39, 0.29) is 6.04 Å². The average Bonchev–Trinajstić information content (AvgIpc) is 3.19. The Balaban J connectivity index is 1.92. The quantitative estimate of drug-likeness (QED) is 0.611. The monoisotopic (exact) mass is 279 g/mol. The topological polar surface area (TPSA) is 70.6 Å². The van der Waals surface area contributed by atoms with Crippen LogP contribution >= 0.6 is 0 Å². The van der Waals surface area contributed by atoms with Gasteiger partial charge in [0.1, 0.15) is 0 Å². The van der Waals surface area contributed by atoms with Crippen LogP contribution in [0.15, 0.2) is 5.10 Å². The van der Waals surface area contributed by atoms with Crippen LogP contribution in [0.2, 0.25) is 0 Å². The van der Waals surface area contributed by atoms with Crippen LogP contribution in [0.25, 0.3) is 0 Å². The van der Waals surface area contributed by atoms with Crippen molar-refractivity contribution in [1.29, 1.82) is 0 Å². The van der Waals surface area contributed by atoms with Crippen molar-refractivity contribution < 1.29 is 9.59 Å². The van der Waals surface area contributed by atoms with Gasteiger partial charge >= 0.3 is 11.8 Å². The predicted octanol–water partition coefficient (Wildman–Crippen LogP) is 1.83. The van der Waals surface area contributed by atoms with Crippen LogP contribution in [0.4, 0.5) is 0 Å². The molecule has 112 valence electrons. The molecule has 2 aliphatic rings. The molecule has 2 fully saturated rings. The van der Waals surface area contributed by atoms with Crippen LogP contribution in [0.5, 0.6) is 0 Å². The fourth-order valence-electron chi connectivity index (χ4n) is 2.74. The number of hydrogen-bond acceptors (Lipinski definition) is 3. The zero-order chi connectivity index (χ0) is 14.7. The summed E-state index contributed by atoms with van der Waals surface area (Å²) in [6, 6.07) is 0.194. The maximum Gasteiger partial charge on any atom is 0.329 e. The molecule has 0 aliphatic heterocycles. The third-order valence-corrected chi connectivity index (χ3v) is 4.18. The Morgan fingerprint density at radius 3 is 2.45 bits per heavy atom. The number of hydrogen-bond donors (Lipinski definition) is 2. The Morgan fingerprint density at radius 2 is 1.85 bits per heavy atom. The van der Waals surface area contributed by atoms with Crippen molar-refractivity contribution in [2.75, 3.05) is 0 Å². The van der Waals surface area contributed by atoms with Crippen molar-refractivity contribution in [3.05, 3.63) is 0 Å². The van der Waals surface area contributed by atoms with Crippen molar-refractivity contribution in [2.24, 2.45) is 22.9 Å². The molecule has 0 unspecified atom stereocenters. The summed E-state index contributed by atoms with van der Waals surface area (Å²) < 4.78 is 0. The summed E-state index contributed by atoms with van der Waals surface area (Å²) in [6.07, 6.45) is 5.17. The minimum atomic E-state index is -0.648. The number of nitrogens with one attached hydrogen (secondary N) is 2. The van der Waals surface area contributed by atoms with E-state index in [4.69, 9.17) is 0 Å². The summed E-state index contributed by atoms with van der Waals surface area (Å²) in [7, 11) is 0. The summed E-state index contributed by atoms with van der Waals surface area (Å²) in [4.78, 5) is 23.2. The second-order valence-electron chi connectivity index (χ2n) is 6.53. The molecule has 0 spiro atoms. The largest absolute Gasteiger partial charge is 0.345 e. The van der Waals surface area contributed by atoms with Gasteiger partial charge < -0.3 is 5.32 Å². The smallest absolute Gasteiger partial charge is 0.329 e. The second kappa shape index (κ2) is 6.37. The number of nitrogens with zero attached hydrogens (tertiary/aromatic N) is 1. The van der Waals surface area contributed by atoms with E-state index >= 15 is 0 Å². The summed E-state index contributed by atoms with van der Waals surface area (Å²) in [5.41, 5.74) is 3.46. The molecule has 0 aromatic rings. The highest BCUT2D eigenvalue weighted by Gasteiger charge is 2.29. The van der Waals surface area contributed by atoms with E-state index in [2.05, 4.69) is 36.6 Å². The molecular formula is C15H25N3O2. The fraction of sp³-hybridized carbons (Fsp3) is 0.800. The highest BCUT2D eigenvalue weighted by molar-refractivity contribution is 6.35. The van der Waals surface area contributed by atoms with E-state index in [0.717, 1.165) is 31.4 Å². The van der Waals surface area contributed by atoms with E-state index in [1.165, 1.54) is 6.42 Å². The second-order valence-corrected chi connectivity index (χ2v) is 6.53. The van der Waals surface area contributed by atoms with Crippen molar-refractivity contribution in [1.82, 2.24) is 10.7 Å². The van der Waals surface area contributed by atoms with Gasteiger partial charge in [-0.1, -0.05) is 20.8 Å². The number of carbonyl (C=O) groups is 2. The molecule has 2 saturated carbocycles. The lowest BCUT2D eigenvalue weighted by Gasteiger charge is -2.30. The Kier molecular flexibility index (Phi) is 4.78. The zero-order valence-corrected chi connectivity index (χ0v) is 12.6. The van der Waals surface area contributed by atoms with Gasteiger partial charge in [-0.25, -0.2) is 5.43 Å². The van der Waals surface area contributed by atoms with Gasteiger partial charge in [-0.15, -0.1) is 0 Å². The molecular weight excluding hydrogens is 254 g/mol. The minimum absolute atomic E-state index is 0.194. The molecule has 20 heavy (non-hydrogen) atoms. The first-order valence-electron chi connectivity index (χ1n) is 7.64. The van der Waals surface area contributed by atoms with Gasteiger partial charge in [-0.05, 0) is 43.9 Å². The molecule has 2 atom stereocenters. The standard InChI is InChI=1S/C15H25N3O2/c1-9(2)12-7-4-10(3)8-13(12)17-18-15(20)14(19)16-11-5-6-11/h9-12H,4-8H2,1-3H3,(H,16,19)(H,18,20)/t10-,12+/m1/s1. The zero-order valence-electron chi connectivity index (χ0n) is 12.6. The molecule has 2 aliphatic carbocycles. The van der Waals surface area contributed by atoms with Crippen LogP contribution in [-0.4, -0.2) is 23.6 Å². The van der Waals surface area contributed by atoms with E-state index in [1.54, 1.807) is 0 Å². The summed E-state index contributed by atoms with van der Waals surface area (Å²) in [6.45, 7) is 6.56. The first-order chi connectivity index (χ1) is 9.47. The maximum absolute atomic E-state index is 11.7. The van der Waals surface area contributed by atoms with Gasteiger partial charge in [0.15, 0.2) is 0 Å². The van der Waals surface area contributed by atoms with Crippen molar-refractivity contribution in [3.8, 4) is 0 Å². The third-order valence-electron chi connectivity index (χ3n) is 4.18. The van der Waals surface area contributed by atoms with Crippen LogP contribution in [0, 0.1) is 17.8 Å². The SMILES string of the molecule is CC(C)[C@@H]1CC[C@@H](C)CC1=NNC(=O)C(=O)NC1CC1. The van der Waals surface area contributed by atoms with Crippen LogP contribution < -0.4 is 10.7 Å². The Bertz CT molecular complexity index is 413. The van der Waals surface area contributed by atoms with Crippen molar-refractivity contribution >= 4 is 17.5 Å². The number of carbonyl (C=O) groups excluding carboxylic acids is 2. The van der Waals surface area contributed by atoms with Crippen LogP contribution in [0.1, 0.15) is 52.9 Å². The van der Waals surface area contributed by atoms with E-state index in [1.807, 2.05) is 0 Å². The molecule has 2 amide bonds. The number of rotatable bonds is 3. The van der Waals surface area contributed by atoms with Gasteiger partial charge in [-0.3, -0.25) is 9.59 Å². The van der Waals surface area contributed by atoms with Gasteiger partial charge in [0.25, 0.3) is 0 Å². The van der Waals surface area contributed by atoms with Crippen LogP contribution in [0.3, 0.4) is 0 Å². The highest BCUT2D eigenvalue weighted by atomic mass is 16.2. The number of amides is 2. The predicted molar refractivity (Wildman–Crippen MR) is 78.1 cm³/mol. The lowest BCUT2D eigenvalue weighted by molar-refractivity contribution is -0.139. The van der Waals surface area contributed by atoms with Gasteiger partial charge in [0.2, 0.25) is 0 Å². The summed E-state index contributed by atoms with van der Waals surface area (Å²) in [5.74, 6) is 0.310. The van der Waals surface area contributed by atoms with E-state index in [9.17, 15) is 9.59 Å². The first-order valence-corrected chi connectivity index (χ1v) is 7.64. The molecule has 0 radical (unpaired) electrons. The Morgan fingerprint density at radius 1 is 1.15 bits per heavy atom. The highest BCUT2D eigenvalue weighted by Crippen LogP contribution is 2.31. The third kappa shape index (κ3) is 4.05. The molecule has 0 aromatic heterocycles. The minimum Gasteiger partial charge on any atom is -0.345 e. The van der Waals surface area contributed by atoms with Crippen molar-refractivity contribution in [2.45, 2.75) is 58.9 Å². The Labute approximate surface area is 120 Å². The average molecular weight is 279 g/mol. The molecule has 2 rings (SSSR count). The molecule has 0 heterocycles. The summed E-state index contributed by atoms with van der Waals surface area (Å²) in [5, 5.41) is 6.91. The van der Waals surface area contributed by atoms with Gasteiger partial charge in [0.05, 0.1) is 0 Å². The number of hydrazone groups is 1. The molecule has 2 N–H and O–H groups in total. The Hall–Kier alpha value is -1.39. The van der Waals surface area contributed by atoms with Gasteiger partial charge in [0, 0.05) is 17.7 Å². The lowest BCUT2D eigenvalue weighted by atomic mass is 9.76. The fourth-order valence-corrected chi connectivity index (χ4v) is 2.74. The van der Waals surface area contributed by atoms with Crippen LogP contribution in [-0.2, 0) is 9.59 Å². The first kappa shape index (κ1) is 15.0. The van der Waals surface area contributed by atoms with Crippen molar-refractivity contribution in [3.63, 3.8) is 0 Å². The lowest BCUT2D eigenvalue weighted by Crippen LogP contribution is -2.40. The molecule has 5 nitrogen and oxygen atoms in total.